The van der Waals surface area contributed by atoms with Crippen molar-refractivity contribution in [1.29, 1.82) is 0 Å². The number of likely N-dealkylation sites (tertiary alicyclic amines) is 1. The fourth-order valence-corrected chi connectivity index (χ4v) is 4.23. The molecule has 1 heterocycles. The highest BCUT2D eigenvalue weighted by atomic mass is 16.5. The summed E-state index contributed by atoms with van der Waals surface area (Å²) < 4.78 is 16.4. The van der Waals surface area contributed by atoms with Crippen LogP contribution in [-0.2, 0) is 16.0 Å². The van der Waals surface area contributed by atoms with Crippen LogP contribution in [0.3, 0.4) is 0 Å². The molecule has 1 unspecified atom stereocenters. The number of carbonyl (C=O) groups excluding carboxylic acids is 2. The van der Waals surface area contributed by atoms with E-state index in [1.54, 1.807) is 33.3 Å². The van der Waals surface area contributed by atoms with Crippen LogP contribution in [0, 0.1) is 0 Å². The number of nitrogens with zero attached hydrogens (tertiary/aromatic N) is 1. The van der Waals surface area contributed by atoms with Gasteiger partial charge in [-0.2, -0.15) is 0 Å². The maximum atomic E-state index is 12.7. The normalized spacial score (nSPS) is 15.0. The molecule has 0 spiro atoms. The highest BCUT2D eigenvalue weighted by Crippen LogP contribution is 2.41. The van der Waals surface area contributed by atoms with Gasteiger partial charge < -0.3 is 24.4 Å². The molecule has 0 radical (unpaired) electrons. The van der Waals surface area contributed by atoms with Gasteiger partial charge in [0.1, 0.15) is 6.04 Å². The van der Waals surface area contributed by atoms with Gasteiger partial charge in [0.2, 0.25) is 17.6 Å². The summed E-state index contributed by atoms with van der Waals surface area (Å²) in [5.74, 6) is 1.62. The smallest absolute Gasteiger partial charge is 0.242 e. The molecule has 172 valence electrons. The molecule has 1 aliphatic rings. The first-order valence-corrected chi connectivity index (χ1v) is 10.8. The number of carbonyl (C=O) groups is 2. The zero-order valence-corrected chi connectivity index (χ0v) is 19.3. The number of benzene rings is 3. The first-order valence-electron chi connectivity index (χ1n) is 10.8. The molecular formula is C26H28N2O5. The molecule has 0 aliphatic carbocycles. The van der Waals surface area contributed by atoms with E-state index in [9.17, 15) is 9.59 Å². The molecule has 0 aromatic heterocycles. The molecule has 1 atom stereocenters. The van der Waals surface area contributed by atoms with Crippen molar-refractivity contribution >= 4 is 22.6 Å². The van der Waals surface area contributed by atoms with E-state index < -0.39 is 0 Å². The lowest BCUT2D eigenvalue weighted by molar-refractivity contribution is -0.146. The second-order valence-electron chi connectivity index (χ2n) is 7.99. The Morgan fingerprint density at radius 2 is 1.58 bits per heavy atom. The average molecular weight is 449 g/mol. The highest BCUT2D eigenvalue weighted by Gasteiger charge is 2.36. The van der Waals surface area contributed by atoms with E-state index in [2.05, 4.69) is 11.4 Å². The third kappa shape index (κ3) is 4.31. The topological polar surface area (TPSA) is 77.1 Å². The van der Waals surface area contributed by atoms with Crippen molar-refractivity contribution in [2.45, 2.75) is 18.9 Å². The Hall–Kier alpha value is -3.74. The lowest BCUT2D eigenvalue weighted by Gasteiger charge is -2.39. The lowest BCUT2D eigenvalue weighted by Crippen LogP contribution is -2.58. The highest BCUT2D eigenvalue weighted by molar-refractivity contribution is 5.92. The van der Waals surface area contributed by atoms with Crippen molar-refractivity contribution in [1.82, 2.24) is 10.2 Å². The Morgan fingerprint density at radius 3 is 2.15 bits per heavy atom. The van der Waals surface area contributed by atoms with Gasteiger partial charge in [-0.3, -0.25) is 9.59 Å². The number of methoxy groups -OCH3 is 3. The van der Waals surface area contributed by atoms with E-state index in [1.165, 1.54) is 0 Å². The van der Waals surface area contributed by atoms with Crippen LogP contribution in [0.5, 0.6) is 17.2 Å². The van der Waals surface area contributed by atoms with Crippen molar-refractivity contribution in [3.05, 3.63) is 54.1 Å². The molecule has 0 bridgehead atoms. The SMILES string of the molecule is CNC(=O)C1CCN1C(=O)Cc1ccc2cc(-c3cc(OC)c(OC)c(OC)c3)ccc2c1. The van der Waals surface area contributed by atoms with Crippen molar-refractivity contribution in [3.63, 3.8) is 0 Å². The van der Waals surface area contributed by atoms with E-state index in [1.807, 2.05) is 42.5 Å². The summed E-state index contributed by atoms with van der Waals surface area (Å²) in [6.45, 7) is 0.628. The molecule has 1 aliphatic heterocycles. The number of amides is 2. The molecule has 3 aromatic carbocycles. The molecule has 33 heavy (non-hydrogen) atoms. The van der Waals surface area contributed by atoms with Crippen LogP contribution in [0.15, 0.2) is 48.5 Å². The molecule has 1 fully saturated rings. The quantitative estimate of drug-likeness (QED) is 0.599. The predicted molar refractivity (Wildman–Crippen MR) is 127 cm³/mol. The minimum Gasteiger partial charge on any atom is -0.493 e. The minimum atomic E-state index is -0.344. The van der Waals surface area contributed by atoms with Crippen LogP contribution >= 0.6 is 0 Å². The van der Waals surface area contributed by atoms with Crippen LogP contribution in [0.2, 0.25) is 0 Å². The summed E-state index contributed by atoms with van der Waals surface area (Å²) in [4.78, 5) is 26.2. The van der Waals surface area contributed by atoms with Crippen LogP contribution in [0.1, 0.15) is 12.0 Å². The van der Waals surface area contributed by atoms with Gasteiger partial charge in [-0.15, -0.1) is 0 Å². The Labute approximate surface area is 193 Å². The molecule has 3 aromatic rings. The first kappa shape index (κ1) is 22.5. The van der Waals surface area contributed by atoms with Gasteiger partial charge >= 0.3 is 0 Å². The fourth-order valence-electron chi connectivity index (χ4n) is 4.23. The van der Waals surface area contributed by atoms with E-state index in [-0.39, 0.29) is 24.3 Å². The average Bonchev–Trinajstić information content (AvgIpc) is 2.81. The summed E-state index contributed by atoms with van der Waals surface area (Å²) in [5, 5.41) is 4.73. The Morgan fingerprint density at radius 1 is 0.909 bits per heavy atom. The van der Waals surface area contributed by atoms with Crippen molar-refractivity contribution in [2.24, 2.45) is 0 Å². The molecule has 7 nitrogen and oxygen atoms in total. The number of rotatable bonds is 7. The zero-order chi connectivity index (χ0) is 23.5. The fraction of sp³-hybridized carbons (Fsp3) is 0.308. The number of hydrogen-bond acceptors (Lipinski definition) is 5. The molecule has 7 heteroatoms. The summed E-state index contributed by atoms with van der Waals surface area (Å²) in [7, 11) is 6.38. The standard InChI is InChI=1S/C26H28N2O5/c1-27-26(30)21-9-10-28(21)24(29)12-16-5-6-18-13-19(8-7-17(18)11-16)20-14-22(31-2)25(33-4)23(15-20)32-3/h5-8,11,13-15,21H,9-10,12H2,1-4H3,(H,27,30). The van der Waals surface area contributed by atoms with E-state index in [0.717, 1.165) is 27.5 Å². The van der Waals surface area contributed by atoms with Crippen molar-refractivity contribution < 1.29 is 23.8 Å². The second-order valence-corrected chi connectivity index (χ2v) is 7.99. The molecule has 1 saturated heterocycles. The van der Waals surface area contributed by atoms with Gasteiger partial charge in [0, 0.05) is 13.6 Å². The van der Waals surface area contributed by atoms with Gasteiger partial charge in [0.05, 0.1) is 27.8 Å². The zero-order valence-electron chi connectivity index (χ0n) is 19.3. The lowest BCUT2D eigenvalue weighted by atomic mass is 9.97. The van der Waals surface area contributed by atoms with Crippen LogP contribution < -0.4 is 19.5 Å². The Balaban J connectivity index is 1.58. The van der Waals surface area contributed by atoms with E-state index in [0.29, 0.717) is 30.2 Å². The molecule has 0 saturated carbocycles. The first-order chi connectivity index (χ1) is 16.0. The third-order valence-electron chi connectivity index (χ3n) is 6.15. The maximum absolute atomic E-state index is 12.7. The number of nitrogens with one attached hydrogen (secondary N) is 1. The Bertz CT molecular complexity index is 1180. The van der Waals surface area contributed by atoms with Crippen LogP contribution in [0.25, 0.3) is 21.9 Å². The summed E-state index contributed by atoms with van der Waals surface area (Å²) in [5.41, 5.74) is 2.89. The van der Waals surface area contributed by atoms with Gasteiger partial charge in [-0.05, 0) is 52.1 Å². The third-order valence-corrected chi connectivity index (χ3v) is 6.15. The molecule has 2 amide bonds. The molecule has 4 rings (SSSR count). The van der Waals surface area contributed by atoms with Crippen molar-refractivity contribution in [3.8, 4) is 28.4 Å². The van der Waals surface area contributed by atoms with Crippen LogP contribution in [-0.4, -0.2) is 57.7 Å². The number of ether oxygens (including phenoxy) is 3. The monoisotopic (exact) mass is 448 g/mol. The van der Waals surface area contributed by atoms with E-state index >= 15 is 0 Å². The van der Waals surface area contributed by atoms with Crippen molar-refractivity contribution in [2.75, 3.05) is 34.9 Å². The summed E-state index contributed by atoms with van der Waals surface area (Å²) in [6, 6.07) is 15.7. The molecule has 1 N–H and O–H groups in total. The van der Waals surface area contributed by atoms with Gasteiger partial charge in [0.15, 0.2) is 11.5 Å². The number of hydrogen-bond donors (Lipinski definition) is 1. The van der Waals surface area contributed by atoms with Gasteiger partial charge in [-0.1, -0.05) is 30.3 Å². The minimum absolute atomic E-state index is 0.0248. The van der Waals surface area contributed by atoms with Gasteiger partial charge in [-0.25, -0.2) is 0 Å². The summed E-state index contributed by atoms with van der Waals surface area (Å²) >= 11 is 0. The number of likely N-dealkylation sites (N-methyl/N-ethyl adjacent to an activating group) is 1. The maximum Gasteiger partial charge on any atom is 0.242 e. The Kier molecular flexibility index (Phi) is 6.40. The predicted octanol–water partition coefficient (Wildman–Crippen LogP) is 3.42. The summed E-state index contributed by atoms with van der Waals surface area (Å²) in [6.07, 6.45) is 0.991. The largest absolute Gasteiger partial charge is 0.493 e. The molecular weight excluding hydrogens is 420 g/mol. The van der Waals surface area contributed by atoms with Crippen LogP contribution in [0.4, 0.5) is 0 Å². The van der Waals surface area contributed by atoms with Gasteiger partial charge in [0.25, 0.3) is 0 Å². The number of fused-ring (bicyclic) bond motifs is 1. The second kappa shape index (κ2) is 9.40. The van der Waals surface area contributed by atoms with E-state index in [4.69, 9.17) is 14.2 Å².